The Hall–Kier alpha value is -2.31. The van der Waals surface area contributed by atoms with E-state index in [1.807, 2.05) is 18.2 Å². The van der Waals surface area contributed by atoms with Crippen LogP contribution in [0.5, 0.6) is 0 Å². The van der Waals surface area contributed by atoms with Crippen molar-refractivity contribution in [3.05, 3.63) is 63.9 Å². The summed E-state index contributed by atoms with van der Waals surface area (Å²) >= 11 is 7.29. The lowest BCUT2D eigenvalue weighted by Gasteiger charge is -2.21. The van der Waals surface area contributed by atoms with Crippen LogP contribution >= 0.6 is 23.4 Å². The van der Waals surface area contributed by atoms with E-state index < -0.39 is 0 Å². The molecule has 30 heavy (non-hydrogen) atoms. The second kappa shape index (κ2) is 9.67. The summed E-state index contributed by atoms with van der Waals surface area (Å²) in [6.07, 6.45) is 6.19. The van der Waals surface area contributed by atoms with Gasteiger partial charge < -0.3 is 5.32 Å². The second-order valence-corrected chi connectivity index (χ2v) is 9.00. The van der Waals surface area contributed by atoms with Crippen LogP contribution in [0.1, 0.15) is 32.1 Å². The van der Waals surface area contributed by atoms with Crippen LogP contribution in [0.3, 0.4) is 0 Å². The quantitative estimate of drug-likeness (QED) is 0.439. The zero-order valence-electron chi connectivity index (χ0n) is 16.6. The predicted molar refractivity (Wildman–Crippen MR) is 123 cm³/mol. The highest BCUT2D eigenvalue weighted by atomic mass is 35.5. The Labute approximate surface area is 184 Å². The first-order valence-electron chi connectivity index (χ1n) is 10.3. The van der Waals surface area contributed by atoms with E-state index in [0.717, 1.165) is 6.54 Å². The number of aromatic nitrogens is 2. The van der Waals surface area contributed by atoms with Crippen LogP contribution in [0.4, 0.5) is 0 Å². The van der Waals surface area contributed by atoms with Crippen molar-refractivity contribution in [3.63, 3.8) is 0 Å². The van der Waals surface area contributed by atoms with Gasteiger partial charge in [0, 0.05) is 11.6 Å². The number of hydrogen-bond acceptors (Lipinski definition) is 4. The Balaban J connectivity index is 1.56. The summed E-state index contributed by atoms with van der Waals surface area (Å²) < 4.78 is 1.55. The van der Waals surface area contributed by atoms with E-state index in [-0.39, 0.29) is 17.2 Å². The van der Waals surface area contributed by atoms with Gasteiger partial charge in [-0.3, -0.25) is 14.2 Å². The van der Waals surface area contributed by atoms with Crippen LogP contribution in [-0.4, -0.2) is 27.8 Å². The largest absolute Gasteiger partial charge is 0.355 e. The fourth-order valence-electron chi connectivity index (χ4n) is 3.86. The van der Waals surface area contributed by atoms with Crippen molar-refractivity contribution in [2.24, 2.45) is 5.92 Å². The molecule has 3 aromatic rings. The molecule has 0 bridgehead atoms. The third kappa shape index (κ3) is 4.87. The Kier molecular flexibility index (Phi) is 6.75. The lowest BCUT2D eigenvalue weighted by Crippen LogP contribution is -2.31. The van der Waals surface area contributed by atoms with Gasteiger partial charge in [0.1, 0.15) is 0 Å². The summed E-state index contributed by atoms with van der Waals surface area (Å²) in [5, 5.41) is 4.68. The van der Waals surface area contributed by atoms with Gasteiger partial charge in [0.2, 0.25) is 5.91 Å². The minimum atomic E-state index is -0.159. The number of halogens is 1. The minimum absolute atomic E-state index is 0.0318. The Morgan fingerprint density at radius 2 is 1.83 bits per heavy atom. The van der Waals surface area contributed by atoms with Crippen LogP contribution in [0.15, 0.2) is 58.5 Å². The number of nitrogens with zero attached hydrogens (tertiary/aromatic N) is 2. The lowest BCUT2D eigenvalue weighted by molar-refractivity contribution is -0.118. The van der Waals surface area contributed by atoms with Crippen LogP contribution < -0.4 is 10.9 Å². The highest BCUT2D eigenvalue weighted by Crippen LogP contribution is 2.24. The van der Waals surface area contributed by atoms with Crippen molar-refractivity contribution in [3.8, 4) is 5.69 Å². The van der Waals surface area contributed by atoms with Gasteiger partial charge in [-0.1, -0.05) is 54.8 Å². The fourth-order valence-corrected chi connectivity index (χ4v) is 4.83. The van der Waals surface area contributed by atoms with Gasteiger partial charge in [0.25, 0.3) is 5.56 Å². The second-order valence-electron chi connectivity index (χ2n) is 7.63. The van der Waals surface area contributed by atoms with E-state index in [4.69, 9.17) is 11.6 Å². The molecule has 1 fully saturated rings. The fraction of sp³-hybridized carbons (Fsp3) is 0.348. The predicted octanol–water partition coefficient (Wildman–Crippen LogP) is 4.83. The van der Waals surface area contributed by atoms with E-state index in [2.05, 4.69) is 10.3 Å². The van der Waals surface area contributed by atoms with E-state index in [1.54, 1.807) is 34.9 Å². The topological polar surface area (TPSA) is 64.0 Å². The molecular formula is C23H24ClN3O2S. The molecule has 156 valence electrons. The Morgan fingerprint density at radius 1 is 1.10 bits per heavy atom. The van der Waals surface area contributed by atoms with Gasteiger partial charge in [-0.15, -0.1) is 0 Å². The Bertz CT molecular complexity index is 1090. The number of thioether (sulfide) groups is 1. The molecule has 2 aromatic carbocycles. The number of fused-ring (bicyclic) bond motifs is 1. The van der Waals surface area contributed by atoms with Gasteiger partial charge in [0.15, 0.2) is 5.16 Å². The molecule has 1 heterocycles. The van der Waals surface area contributed by atoms with Crippen molar-refractivity contribution >= 4 is 40.2 Å². The monoisotopic (exact) mass is 441 g/mol. The van der Waals surface area contributed by atoms with Gasteiger partial charge in [-0.05, 0) is 55.2 Å². The van der Waals surface area contributed by atoms with Crippen molar-refractivity contribution in [1.29, 1.82) is 0 Å². The summed E-state index contributed by atoms with van der Waals surface area (Å²) in [6, 6.07) is 14.3. The molecule has 1 amide bonds. The molecule has 5 nitrogen and oxygen atoms in total. The van der Waals surface area contributed by atoms with Crippen molar-refractivity contribution < 1.29 is 4.79 Å². The number of carbonyl (C=O) groups is 1. The van der Waals surface area contributed by atoms with Crippen LogP contribution in [0, 0.1) is 5.92 Å². The Morgan fingerprint density at radius 3 is 2.60 bits per heavy atom. The maximum Gasteiger partial charge on any atom is 0.266 e. The maximum absolute atomic E-state index is 13.2. The van der Waals surface area contributed by atoms with Gasteiger partial charge in [-0.25, -0.2) is 4.98 Å². The number of para-hydroxylation sites is 1. The number of amides is 1. The van der Waals surface area contributed by atoms with Gasteiger partial charge >= 0.3 is 0 Å². The lowest BCUT2D eigenvalue weighted by atomic mass is 9.89. The summed E-state index contributed by atoms with van der Waals surface area (Å²) in [5.41, 5.74) is 1.14. The first-order chi connectivity index (χ1) is 14.6. The summed E-state index contributed by atoms with van der Waals surface area (Å²) in [5.74, 6) is 0.764. The number of rotatable bonds is 6. The third-order valence-corrected chi connectivity index (χ3v) is 6.67. The van der Waals surface area contributed by atoms with Crippen molar-refractivity contribution in [2.75, 3.05) is 12.3 Å². The van der Waals surface area contributed by atoms with E-state index in [1.165, 1.54) is 43.9 Å². The molecule has 0 saturated heterocycles. The van der Waals surface area contributed by atoms with Crippen molar-refractivity contribution in [1.82, 2.24) is 14.9 Å². The molecule has 1 N–H and O–H groups in total. The van der Waals surface area contributed by atoms with Gasteiger partial charge in [0.05, 0.1) is 22.3 Å². The molecule has 1 saturated carbocycles. The summed E-state index contributed by atoms with van der Waals surface area (Å²) in [4.78, 5) is 30.3. The molecule has 1 aliphatic carbocycles. The molecule has 1 aliphatic rings. The first kappa shape index (κ1) is 20.9. The molecule has 0 aliphatic heterocycles. The molecule has 4 rings (SSSR count). The van der Waals surface area contributed by atoms with E-state index in [9.17, 15) is 9.59 Å². The van der Waals surface area contributed by atoms with Crippen LogP contribution in [0.2, 0.25) is 5.02 Å². The minimum Gasteiger partial charge on any atom is -0.355 e. The number of benzene rings is 2. The average molecular weight is 442 g/mol. The summed E-state index contributed by atoms with van der Waals surface area (Å²) in [6.45, 7) is 0.731. The highest BCUT2D eigenvalue weighted by Gasteiger charge is 2.17. The number of nitrogens with one attached hydrogen (secondary N) is 1. The average Bonchev–Trinajstić information content (AvgIpc) is 2.78. The molecule has 1 aromatic heterocycles. The first-order valence-corrected chi connectivity index (χ1v) is 11.7. The number of carbonyl (C=O) groups excluding carboxylic acids is 1. The molecule has 7 heteroatoms. The zero-order chi connectivity index (χ0) is 20.9. The smallest absolute Gasteiger partial charge is 0.266 e. The van der Waals surface area contributed by atoms with Crippen LogP contribution in [-0.2, 0) is 4.79 Å². The summed E-state index contributed by atoms with van der Waals surface area (Å²) in [7, 11) is 0. The third-order valence-electron chi connectivity index (χ3n) is 5.47. The molecule has 0 unspecified atom stereocenters. The van der Waals surface area contributed by atoms with Gasteiger partial charge in [-0.2, -0.15) is 0 Å². The zero-order valence-corrected chi connectivity index (χ0v) is 18.2. The molecule has 0 atom stereocenters. The van der Waals surface area contributed by atoms with Crippen LogP contribution in [0.25, 0.3) is 16.6 Å². The van der Waals surface area contributed by atoms with E-state index >= 15 is 0 Å². The highest BCUT2D eigenvalue weighted by molar-refractivity contribution is 7.99. The van der Waals surface area contributed by atoms with Crippen molar-refractivity contribution in [2.45, 2.75) is 37.3 Å². The molecular weight excluding hydrogens is 418 g/mol. The molecule has 0 spiro atoms. The van der Waals surface area contributed by atoms with E-state index in [0.29, 0.717) is 32.7 Å². The normalized spacial score (nSPS) is 14.7. The SMILES string of the molecule is O=C(CSc1nc2ccccc2c(=O)n1-c1ccc(Cl)cc1)NCC1CCCCC1. The number of hydrogen-bond donors (Lipinski definition) is 1. The standard InChI is InChI=1S/C23H24ClN3O2S/c24-17-10-12-18(13-11-17)27-22(29)19-8-4-5-9-20(19)26-23(27)30-15-21(28)25-14-16-6-2-1-3-7-16/h4-5,8-13,16H,1-3,6-7,14-15H2,(H,25,28). The molecule has 0 radical (unpaired) electrons. The maximum atomic E-state index is 13.2.